The van der Waals surface area contributed by atoms with Crippen LogP contribution in [0, 0.1) is 5.41 Å². The Labute approximate surface area is 136 Å². The lowest BCUT2D eigenvalue weighted by atomic mass is 9.63. The predicted octanol–water partition coefficient (Wildman–Crippen LogP) is 3.10. The Morgan fingerprint density at radius 3 is 2.48 bits per heavy atom. The molecule has 23 heavy (non-hydrogen) atoms. The van der Waals surface area contributed by atoms with Crippen molar-refractivity contribution in [2.75, 3.05) is 7.05 Å². The molecule has 2 aliphatic rings. The SMILES string of the molecule is CC(=O)C12CC(C)=C(C)C=C1C(=O)N(C)N=C2c1ccccc1. The van der Waals surface area contributed by atoms with E-state index in [1.54, 1.807) is 14.0 Å². The van der Waals surface area contributed by atoms with Crippen molar-refractivity contribution in [1.29, 1.82) is 0 Å². The van der Waals surface area contributed by atoms with Crippen LogP contribution >= 0.6 is 0 Å². The van der Waals surface area contributed by atoms with Gasteiger partial charge in [0.05, 0.1) is 5.71 Å². The van der Waals surface area contributed by atoms with E-state index < -0.39 is 5.41 Å². The van der Waals surface area contributed by atoms with E-state index in [0.717, 1.165) is 16.7 Å². The van der Waals surface area contributed by atoms with Crippen LogP contribution in [0.3, 0.4) is 0 Å². The van der Waals surface area contributed by atoms with Crippen LogP contribution < -0.4 is 0 Å². The van der Waals surface area contributed by atoms with Crippen molar-refractivity contribution in [3.63, 3.8) is 0 Å². The van der Waals surface area contributed by atoms with Gasteiger partial charge in [0.1, 0.15) is 11.2 Å². The topological polar surface area (TPSA) is 49.7 Å². The molecule has 0 fully saturated rings. The predicted molar refractivity (Wildman–Crippen MR) is 89.9 cm³/mol. The second-order valence-corrected chi connectivity index (χ2v) is 6.30. The average Bonchev–Trinajstić information content (AvgIpc) is 2.53. The molecule has 1 aliphatic heterocycles. The number of fused-ring (bicyclic) bond motifs is 1. The minimum Gasteiger partial charge on any atom is -0.299 e. The number of Topliss-reactive ketones (excluding diaryl/α,β-unsaturated/α-hetero) is 1. The minimum absolute atomic E-state index is 0.0420. The maximum absolute atomic E-state index is 12.7. The number of amides is 1. The summed E-state index contributed by atoms with van der Waals surface area (Å²) in [5.41, 5.74) is 3.25. The fourth-order valence-electron chi connectivity index (χ4n) is 3.39. The quantitative estimate of drug-likeness (QED) is 0.843. The molecular weight excluding hydrogens is 288 g/mol. The lowest BCUT2D eigenvalue weighted by molar-refractivity contribution is -0.131. The third-order valence-corrected chi connectivity index (χ3v) is 4.85. The molecular formula is C19H20N2O2. The summed E-state index contributed by atoms with van der Waals surface area (Å²) >= 11 is 0. The zero-order valence-electron chi connectivity index (χ0n) is 13.9. The Morgan fingerprint density at radius 1 is 1.22 bits per heavy atom. The Hall–Kier alpha value is -2.49. The van der Waals surface area contributed by atoms with Crippen molar-refractivity contribution in [3.8, 4) is 0 Å². The van der Waals surface area contributed by atoms with Gasteiger partial charge in [-0.05, 0) is 38.8 Å². The van der Waals surface area contributed by atoms with E-state index in [1.165, 1.54) is 5.01 Å². The highest BCUT2D eigenvalue weighted by atomic mass is 16.2. The van der Waals surface area contributed by atoms with E-state index in [2.05, 4.69) is 5.10 Å². The molecule has 4 nitrogen and oxygen atoms in total. The van der Waals surface area contributed by atoms with Gasteiger partial charge in [0.15, 0.2) is 0 Å². The van der Waals surface area contributed by atoms with Crippen molar-refractivity contribution in [2.45, 2.75) is 27.2 Å². The largest absolute Gasteiger partial charge is 0.299 e. The molecule has 1 aromatic rings. The highest BCUT2D eigenvalue weighted by Crippen LogP contribution is 2.46. The van der Waals surface area contributed by atoms with E-state index in [9.17, 15) is 9.59 Å². The van der Waals surface area contributed by atoms with Crippen LogP contribution in [0.5, 0.6) is 0 Å². The molecule has 1 unspecified atom stereocenters. The van der Waals surface area contributed by atoms with Crippen LogP contribution in [-0.2, 0) is 9.59 Å². The summed E-state index contributed by atoms with van der Waals surface area (Å²) in [6, 6.07) is 9.64. The summed E-state index contributed by atoms with van der Waals surface area (Å²) in [5.74, 6) is -0.244. The normalized spacial score (nSPS) is 24.2. The van der Waals surface area contributed by atoms with Crippen LogP contribution in [0.15, 0.2) is 58.2 Å². The lowest BCUT2D eigenvalue weighted by Gasteiger charge is -2.42. The molecule has 0 bridgehead atoms. The minimum atomic E-state index is -0.978. The molecule has 4 heteroatoms. The first kappa shape index (κ1) is 15.4. The maximum Gasteiger partial charge on any atom is 0.271 e. The fourth-order valence-corrected chi connectivity index (χ4v) is 3.39. The lowest BCUT2D eigenvalue weighted by Crippen LogP contribution is -2.51. The van der Waals surface area contributed by atoms with Crippen LogP contribution in [0.25, 0.3) is 0 Å². The van der Waals surface area contributed by atoms with Gasteiger partial charge in [-0.2, -0.15) is 5.10 Å². The van der Waals surface area contributed by atoms with Crippen LogP contribution in [0.1, 0.15) is 32.8 Å². The Balaban J connectivity index is 2.32. The molecule has 1 aliphatic carbocycles. The number of allylic oxidation sites excluding steroid dienone is 3. The van der Waals surface area contributed by atoms with E-state index in [0.29, 0.717) is 17.7 Å². The van der Waals surface area contributed by atoms with Gasteiger partial charge in [0, 0.05) is 12.6 Å². The molecule has 1 aromatic carbocycles. The molecule has 1 heterocycles. The zero-order chi connectivity index (χ0) is 16.8. The Kier molecular flexibility index (Phi) is 3.55. The van der Waals surface area contributed by atoms with E-state index in [-0.39, 0.29) is 11.7 Å². The molecule has 0 N–H and O–H groups in total. The van der Waals surface area contributed by atoms with Crippen molar-refractivity contribution >= 4 is 17.4 Å². The third-order valence-electron chi connectivity index (χ3n) is 4.85. The molecule has 1 amide bonds. The van der Waals surface area contributed by atoms with Gasteiger partial charge in [-0.15, -0.1) is 0 Å². The van der Waals surface area contributed by atoms with Crippen molar-refractivity contribution < 1.29 is 9.59 Å². The molecule has 0 spiro atoms. The van der Waals surface area contributed by atoms with Gasteiger partial charge < -0.3 is 0 Å². The number of hydrazone groups is 1. The first-order valence-electron chi connectivity index (χ1n) is 7.70. The molecule has 1 atom stereocenters. The van der Waals surface area contributed by atoms with Crippen LogP contribution in [-0.4, -0.2) is 29.5 Å². The summed E-state index contributed by atoms with van der Waals surface area (Å²) in [6.45, 7) is 5.55. The van der Waals surface area contributed by atoms with Crippen LogP contribution in [0.4, 0.5) is 0 Å². The van der Waals surface area contributed by atoms with E-state index in [1.807, 2.05) is 50.3 Å². The number of hydrogen-bond donors (Lipinski definition) is 0. The number of hydrogen-bond acceptors (Lipinski definition) is 3. The maximum atomic E-state index is 12.7. The van der Waals surface area contributed by atoms with Crippen LogP contribution in [0.2, 0.25) is 0 Å². The van der Waals surface area contributed by atoms with E-state index >= 15 is 0 Å². The van der Waals surface area contributed by atoms with Gasteiger partial charge in [-0.1, -0.05) is 41.5 Å². The third kappa shape index (κ3) is 2.17. The molecule has 0 saturated heterocycles. The summed E-state index contributed by atoms with van der Waals surface area (Å²) in [7, 11) is 1.64. The first-order chi connectivity index (χ1) is 10.9. The Morgan fingerprint density at radius 2 is 1.87 bits per heavy atom. The average molecular weight is 308 g/mol. The molecule has 3 rings (SSSR count). The second kappa shape index (κ2) is 5.30. The monoisotopic (exact) mass is 308 g/mol. The summed E-state index contributed by atoms with van der Waals surface area (Å²) in [6.07, 6.45) is 2.37. The highest BCUT2D eigenvalue weighted by molar-refractivity contribution is 6.26. The number of rotatable bonds is 2. The fraction of sp³-hybridized carbons (Fsp3) is 0.316. The zero-order valence-corrected chi connectivity index (χ0v) is 13.9. The standard InChI is InChI=1S/C19H20N2O2/c1-12-10-16-18(23)21(4)20-17(15-8-6-5-7-9-15)19(16,14(3)22)11-13(12)2/h5-10H,11H2,1-4H3. The summed E-state index contributed by atoms with van der Waals surface area (Å²) in [5, 5.41) is 5.82. The molecule has 0 aromatic heterocycles. The number of likely N-dealkylation sites (N-methyl/N-ethyl adjacent to an activating group) is 1. The number of carbonyl (C=O) groups is 2. The number of benzene rings is 1. The number of ketones is 1. The van der Waals surface area contributed by atoms with Gasteiger partial charge in [-0.25, -0.2) is 5.01 Å². The summed E-state index contributed by atoms with van der Waals surface area (Å²) in [4.78, 5) is 25.4. The van der Waals surface area contributed by atoms with Crippen molar-refractivity contribution in [3.05, 3.63) is 58.7 Å². The smallest absolute Gasteiger partial charge is 0.271 e. The summed E-state index contributed by atoms with van der Waals surface area (Å²) < 4.78 is 0. The van der Waals surface area contributed by atoms with Gasteiger partial charge >= 0.3 is 0 Å². The number of nitrogens with zero attached hydrogens (tertiary/aromatic N) is 2. The van der Waals surface area contributed by atoms with Gasteiger partial charge in [0.2, 0.25) is 0 Å². The van der Waals surface area contributed by atoms with Crippen molar-refractivity contribution in [2.24, 2.45) is 10.5 Å². The first-order valence-corrected chi connectivity index (χ1v) is 7.70. The Bertz CT molecular complexity index is 787. The second-order valence-electron chi connectivity index (χ2n) is 6.30. The van der Waals surface area contributed by atoms with E-state index in [4.69, 9.17) is 0 Å². The number of carbonyl (C=O) groups excluding carboxylic acids is 2. The highest BCUT2D eigenvalue weighted by Gasteiger charge is 2.52. The molecule has 118 valence electrons. The van der Waals surface area contributed by atoms with Crippen molar-refractivity contribution in [1.82, 2.24) is 5.01 Å². The molecule has 0 radical (unpaired) electrons. The molecule has 0 saturated carbocycles. The van der Waals surface area contributed by atoms with Gasteiger partial charge in [-0.3, -0.25) is 9.59 Å². The van der Waals surface area contributed by atoms with Gasteiger partial charge in [0.25, 0.3) is 5.91 Å².